The van der Waals surface area contributed by atoms with E-state index in [0.29, 0.717) is 24.4 Å². The van der Waals surface area contributed by atoms with E-state index in [1.165, 1.54) is 16.4 Å². The molecular formula is C21H22N2O5S. The first-order valence-electron chi connectivity index (χ1n) is 9.16. The molecule has 0 fully saturated rings. The van der Waals surface area contributed by atoms with Crippen LogP contribution in [0, 0.1) is 0 Å². The number of benzene rings is 2. The van der Waals surface area contributed by atoms with Crippen molar-refractivity contribution in [2.24, 2.45) is 4.99 Å². The summed E-state index contributed by atoms with van der Waals surface area (Å²) in [5.41, 5.74) is 1.33. The highest BCUT2D eigenvalue weighted by Crippen LogP contribution is 2.23. The quantitative estimate of drug-likeness (QED) is 0.513. The van der Waals surface area contributed by atoms with Crippen LogP contribution in [0.1, 0.15) is 25.0 Å². The smallest absolute Gasteiger partial charge is 0.363 e. The average molecular weight is 414 g/mol. The number of esters is 1. The van der Waals surface area contributed by atoms with Gasteiger partial charge in [-0.2, -0.15) is 4.31 Å². The standard InChI is InChI=1S/C21H22N2O5S/c1-4-23(5-2)29(25,26)18-8-6-7-16(14-18)20-22-19(21(24)28-20)13-15-9-11-17(27-3)12-10-15/h6-14H,4-5H2,1-3H3. The van der Waals surface area contributed by atoms with Gasteiger partial charge in [0.15, 0.2) is 5.70 Å². The van der Waals surface area contributed by atoms with E-state index >= 15 is 0 Å². The molecule has 152 valence electrons. The van der Waals surface area contributed by atoms with E-state index in [1.54, 1.807) is 63.4 Å². The number of carbonyl (C=O) groups excluding carboxylic acids is 1. The van der Waals surface area contributed by atoms with Gasteiger partial charge in [0.2, 0.25) is 15.9 Å². The number of cyclic esters (lactones) is 1. The number of hydrogen-bond acceptors (Lipinski definition) is 6. The van der Waals surface area contributed by atoms with E-state index in [1.807, 2.05) is 0 Å². The van der Waals surface area contributed by atoms with Gasteiger partial charge < -0.3 is 9.47 Å². The minimum Gasteiger partial charge on any atom is -0.497 e. The molecule has 2 aromatic rings. The van der Waals surface area contributed by atoms with Crippen LogP contribution in [0.15, 0.2) is 64.1 Å². The number of aliphatic imine (C=N–C) groups is 1. The number of methoxy groups -OCH3 is 1. The van der Waals surface area contributed by atoms with E-state index < -0.39 is 16.0 Å². The number of nitrogens with zero attached hydrogens (tertiary/aromatic N) is 2. The van der Waals surface area contributed by atoms with Gasteiger partial charge in [-0.3, -0.25) is 0 Å². The second kappa shape index (κ2) is 8.59. The number of rotatable bonds is 7. The lowest BCUT2D eigenvalue weighted by atomic mass is 10.2. The van der Waals surface area contributed by atoms with E-state index in [-0.39, 0.29) is 16.5 Å². The molecule has 1 aliphatic rings. The predicted molar refractivity (Wildman–Crippen MR) is 110 cm³/mol. The van der Waals surface area contributed by atoms with E-state index in [9.17, 15) is 13.2 Å². The number of sulfonamides is 1. The summed E-state index contributed by atoms with van der Waals surface area (Å²) in [5.74, 6) is 0.191. The van der Waals surface area contributed by atoms with Gasteiger partial charge in [-0.05, 0) is 42.0 Å². The van der Waals surface area contributed by atoms with Crippen LogP contribution in [0.25, 0.3) is 6.08 Å². The summed E-state index contributed by atoms with van der Waals surface area (Å²) in [5, 5.41) is 0. The van der Waals surface area contributed by atoms with Crippen molar-refractivity contribution in [3.8, 4) is 5.75 Å². The Morgan fingerprint density at radius 3 is 2.41 bits per heavy atom. The van der Waals surface area contributed by atoms with Crippen LogP contribution in [0.4, 0.5) is 0 Å². The molecule has 3 rings (SSSR count). The Hall–Kier alpha value is -2.97. The molecule has 1 aliphatic heterocycles. The summed E-state index contributed by atoms with van der Waals surface area (Å²) in [4.78, 5) is 16.6. The SMILES string of the molecule is CCN(CC)S(=O)(=O)c1cccc(C2=NC(=Cc3ccc(OC)cc3)C(=O)O2)c1. The van der Waals surface area contributed by atoms with Crippen molar-refractivity contribution in [3.05, 3.63) is 65.4 Å². The van der Waals surface area contributed by atoms with Crippen LogP contribution in [0.3, 0.4) is 0 Å². The fraction of sp³-hybridized carbons (Fsp3) is 0.238. The molecule has 1 heterocycles. The molecule has 0 amide bonds. The Balaban J connectivity index is 1.92. The summed E-state index contributed by atoms with van der Waals surface area (Å²) < 4.78 is 37.2. The number of carbonyl (C=O) groups is 1. The second-order valence-corrected chi connectivity index (χ2v) is 8.16. The first kappa shape index (κ1) is 20.8. The third kappa shape index (κ3) is 4.38. The Morgan fingerprint density at radius 2 is 1.79 bits per heavy atom. The van der Waals surface area contributed by atoms with Gasteiger partial charge in [0.05, 0.1) is 12.0 Å². The van der Waals surface area contributed by atoms with Gasteiger partial charge in [-0.1, -0.05) is 32.0 Å². The maximum absolute atomic E-state index is 12.7. The summed E-state index contributed by atoms with van der Waals surface area (Å²) in [6, 6.07) is 13.4. The van der Waals surface area contributed by atoms with Crippen LogP contribution in [-0.4, -0.2) is 44.8 Å². The van der Waals surface area contributed by atoms with Crippen molar-refractivity contribution in [1.29, 1.82) is 0 Å². The first-order chi connectivity index (χ1) is 13.9. The van der Waals surface area contributed by atoms with Gasteiger partial charge in [-0.25, -0.2) is 18.2 Å². The molecule has 0 saturated carbocycles. The Kier molecular flexibility index (Phi) is 6.14. The molecule has 0 aromatic heterocycles. The summed E-state index contributed by atoms with van der Waals surface area (Å²) in [6.07, 6.45) is 1.60. The maximum atomic E-state index is 12.7. The highest BCUT2D eigenvalue weighted by Gasteiger charge is 2.27. The summed E-state index contributed by atoms with van der Waals surface area (Å²) in [7, 11) is -2.05. The van der Waals surface area contributed by atoms with Gasteiger partial charge in [0, 0.05) is 18.7 Å². The van der Waals surface area contributed by atoms with Crippen molar-refractivity contribution in [1.82, 2.24) is 4.31 Å². The van der Waals surface area contributed by atoms with Crippen LogP contribution >= 0.6 is 0 Å². The van der Waals surface area contributed by atoms with Crippen molar-refractivity contribution in [3.63, 3.8) is 0 Å². The van der Waals surface area contributed by atoms with Gasteiger partial charge in [-0.15, -0.1) is 0 Å². The van der Waals surface area contributed by atoms with Gasteiger partial charge >= 0.3 is 5.97 Å². The molecular weight excluding hydrogens is 392 g/mol. The third-order valence-electron chi connectivity index (χ3n) is 4.46. The monoisotopic (exact) mass is 414 g/mol. The van der Waals surface area contributed by atoms with E-state index in [2.05, 4.69) is 4.99 Å². The van der Waals surface area contributed by atoms with Crippen molar-refractivity contribution in [2.45, 2.75) is 18.7 Å². The zero-order chi connectivity index (χ0) is 21.0. The number of ether oxygens (including phenoxy) is 2. The molecule has 8 heteroatoms. The van der Waals surface area contributed by atoms with Crippen LogP contribution in [-0.2, 0) is 19.6 Å². The average Bonchev–Trinajstić information content (AvgIpc) is 3.10. The molecule has 7 nitrogen and oxygen atoms in total. The van der Waals surface area contributed by atoms with Crippen LogP contribution in [0.5, 0.6) is 5.75 Å². The predicted octanol–water partition coefficient (Wildman–Crippen LogP) is 3.07. The zero-order valence-electron chi connectivity index (χ0n) is 16.5. The molecule has 0 N–H and O–H groups in total. The van der Waals surface area contributed by atoms with Crippen LogP contribution in [0.2, 0.25) is 0 Å². The first-order valence-corrected chi connectivity index (χ1v) is 10.6. The fourth-order valence-corrected chi connectivity index (χ4v) is 4.40. The minimum absolute atomic E-state index is 0.0753. The van der Waals surface area contributed by atoms with Crippen molar-refractivity contribution < 1.29 is 22.7 Å². The topological polar surface area (TPSA) is 85.3 Å². The lowest BCUT2D eigenvalue weighted by molar-refractivity contribution is -0.129. The lowest BCUT2D eigenvalue weighted by Crippen LogP contribution is -2.30. The molecule has 0 radical (unpaired) electrons. The molecule has 0 bridgehead atoms. The molecule has 0 spiro atoms. The molecule has 29 heavy (non-hydrogen) atoms. The summed E-state index contributed by atoms with van der Waals surface area (Å²) in [6.45, 7) is 4.30. The Labute approximate surface area is 170 Å². The Morgan fingerprint density at radius 1 is 1.10 bits per heavy atom. The largest absolute Gasteiger partial charge is 0.497 e. The van der Waals surface area contributed by atoms with E-state index in [0.717, 1.165) is 5.56 Å². The van der Waals surface area contributed by atoms with Gasteiger partial charge in [0.1, 0.15) is 5.75 Å². The zero-order valence-corrected chi connectivity index (χ0v) is 17.3. The molecule has 0 saturated heterocycles. The maximum Gasteiger partial charge on any atom is 0.363 e. The third-order valence-corrected chi connectivity index (χ3v) is 6.51. The normalized spacial score (nSPS) is 15.5. The second-order valence-electron chi connectivity index (χ2n) is 6.23. The molecule has 2 aromatic carbocycles. The minimum atomic E-state index is -3.62. The molecule has 0 aliphatic carbocycles. The fourth-order valence-electron chi connectivity index (χ4n) is 2.89. The molecule has 0 unspecified atom stereocenters. The number of hydrogen-bond donors (Lipinski definition) is 0. The highest BCUT2D eigenvalue weighted by molar-refractivity contribution is 7.89. The Bertz CT molecular complexity index is 1070. The van der Waals surface area contributed by atoms with Crippen molar-refractivity contribution >= 4 is 28.0 Å². The lowest BCUT2D eigenvalue weighted by Gasteiger charge is -2.18. The van der Waals surface area contributed by atoms with Crippen LogP contribution < -0.4 is 4.74 Å². The summed E-state index contributed by atoms with van der Waals surface area (Å²) >= 11 is 0. The highest BCUT2D eigenvalue weighted by atomic mass is 32.2. The van der Waals surface area contributed by atoms with Crippen molar-refractivity contribution in [2.75, 3.05) is 20.2 Å². The van der Waals surface area contributed by atoms with E-state index in [4.69, 9.17) is 9.47 Å². The van der Waals surface area contributed by atoms with Gasteiger partial charge in [0.25, 0.3) is 0 Å². The molecule has 0 atom stereocenters.